The maximum absolute atomic E-state index is 13.6. The van der Waals surface area contributed by atoms with Crippen LogP contribution in [0.2, 0.25) is 0 Å². The monoisotopic (exact) mass is 514 g/mol. The van der Waals surface area contributed by atoms with Gasteiger partial charge in [0.05, 0.1) is 19.9 Å². The van der Waals surface area contributed by atoms with Gasteiger partial charge in [-0.2, -0.15) is 0 Å². The van der Waals surface area contributed by atoms with Gasteiger partial charge in [-0.25, -0.2) is 4.39 Å². The number of amides is 1. The number of rotatable bonds is 9. The molecule has 9 heteroatoms. The largest absolute Gasteiger partial charge is 0.497 e. The van der Waals surface area contributed by atoms with Crippen LogP contribution in [0.5, 0.6) is 5.75 Å². The Balaban J connectivity index is 1.34. The Morgan fingerprint density at radius 1 is 1.03 bits per heavy atom. The highest BCUT2D eigenvalue weighted by molar-refractivity contribution is 7.98. The number of ether oxygens (including phenoxy) is 1. The maximum atomic E-state index is 13.6. The minimum Gasteiger partial charge on any atom is -0.497 e. The van der Waals surface area contributed by atoms with E-state index >= 15 is 0 Å². The van der Waals surface area contributed by atoms with Gasteiger partial charge in [-0.3, -0.25) is 9.36 Å². The van der Waals surface area contributed by atoms with Crippen molar-refractivity contribution >= 4 is 17.7 Å². The first kappa shape index (κ1) is 24.3. The number of furan rings is 1. The Kier molecular flexibility index (Phi) is 7.32. The second kappa shape index (κ2) is 11.1. The normalized spacial score (nSPS) is 10.9. The Bertz CT molecular complexity index is 1480. The molecule has 0 aliphatic carbocycles. The number of methoxy groups -OCH3 is 1. The zero-order valence-corrected chi connectivity index (χ0v) is 20.7. The summed E-state index contributed by atoms with van der Waals surface area (Å²) in [7, 11) is 1.61. The first-order chi connectivity index (χ1) is 18.1. The molecule has 7 nitrogen and oxygen atoms in total. The van der Waals surface area contributed by atoms with Crippen molar-refractivity contribution < 1.29 is 18.3 Å². The summed E-state index contributed by atoms with van der Waals surface area (Å²) in [5.74, 6) is 2.13. The molecule has 0 bridgehead atoms. The minimum atomic E-state index is -0.317. The van der Waals surface area contributed by atoms with Crippen molar-refractivity contribution in [2.24, 2.45) is 0 Å². The molecule has 0 aliphatic rings. The van der Waals surface area contributed by atoms with Crippen LogP contribution < -0.4 is 10.1 Å². The summed E-state index contributed by atoms with van der Waals surface area (Å²) in [5, 5.41) is 12.4. The Morgan fingerprint density at radius 2 is 1.84 bits per heavy atom. The molecule has 3 aromatic carbocycles. The number of nitrogens with zero attached hydrogens (tertiary/aromatic N) is 3. The molecule has 1 N–H and O–H groups in total. The van der Waals surface area contributed by atoms with Crippen LogP contribution in [0.1, 0.15) is 21.7 Å². The third-order valence-electron chi connectivity index (χ3n) is 5.63. The first-order valence-electron chi connectivity index (χ1n) is 11.5. The lowest BCUT2D eigenvalue weighted by Gasteiger charge is -2.11. The molecule has 0 saturated carbocycles. The van der Waals surface area contributed by atoms with Crippen LogP contribution in [0.15, 0.2) is 101 Å². The second-order valence-corrected chi connectivity index (χ2v) is 9.04. The number of halogens is 1. The van der Waals surface area contributed by atoms with Crippen LogP contribution in [0.25, 0.3) is 17.1 Å². The van der Waals surface area contributed by atoms with Gasteiger partial charge < -0.3 is 14.5 Å². The number of nitrogens with one attached hydrogen (secondary N) is 1. The molecule has 186 valence electrons. The molecular weight excluding hydrogens is 491 g/mol. The van der Waals surface area contributed by atoms with Crippen molar-refractivity contribution in [3.8, 4) is 22.8 Å². The average molecular weight is 515 g/mol. The zero-order chi connectivity index (χ0) is 25.6. The van der Waals surface area contributed by atoms with E-state index in [1.165, 1.54) is 23.9 Å². The Hall–Kier alpha value is -4.37. The third kappa shape index (κ3) is 5.73. The summed E-state index contributed by atoms with van der Waals surface area (Å²) in [6.07, 6.45) is 1.57. The van der Waals surface area contributed by atoms with Crippen molar-refractivity contribution in [3.63, 3.8) is 0 Å². The van der Waals surface area contributed by atoms with E-state index in [1.54, 1.807) is 43.7 Å². The van der Waals surface area contributed by atoms with E-state index in [9.17, 15) is 9.18 Å². The SMILES string of the molecule is COc1cccc(-c2nnc(SCc3ccc(C(=O)NCc4ccco4)cc3)n2-c2ccc(F)cc2)c1. The fourth-order valence-electron chi connectivity index (χ4n) is 3.72. The quantitative estimate of drug-likeness (QED) is 0.247. The predicted molar refractivity (Wildman–Crippen MR) is 139 cm³/mol. The average Bonchev–Trinajstić information content (AvgIpc) is 3.62. The lowest BCUT2D eigenvalue weighted by Crippen LogP contribution is -2.22. The molecule has 0 spiro atoms. The van der Waals surface area contributed by atoms with Crippen LogP contribution >= 0.6 is 11.8 Å². The van der Waals surface area contributed by atoms with E-state index in [1.807, 2.05) is 47.0 Å². The number of hydrogen-bond donors (Lipinski definition) is 1. The van der Waals surface area contributed by atoms with Gasteiger partial charge in [0.15, 0.2) is 11.0 Å². The Labute approximate surface area is 217 Å². The number of hydrogen-bond acceptors (Lipinski definition) is 6. The predicted octanol–water partition coefficient (Wildman–Crippen LogP) is 5.90. The molecule has 0 fully saturated rings. The molecule has 2 aromatic heterocycles. The smallest absolute Gasteiger partial charge is 0.251 e. The van der Waals surface area contributed by atoms with Crippen molar-refractivity contribution in [3.05, 3.63) is 114 Å². The topological polar surface area (TPSA) is 82.2 Å². The lowest BCUT2D eigenvalue weighted by atomic mass is 10.1. The van der Waals surface area contributed by atoms with Gasteiger partial charge in [0.25, 0.3) is 5.91 Å². The van der Waals surface area contributed by atoms with Crippen molar-refractivity contribution in [1.29, 1.82) is 0 Å². The molecule has 5 aromatic rings. The van der Waals surface area contributed by atoms with Crippen LogP contribution in [0.4, 0.5) is 4.39 Å². The maximum Gasteiger partial charge on any atom is 0.251 e. The van der Waals surface area contributed by atoms with E-state index in [4.69, 9.17) is 9.15 Å². The summed E-state index contributed by atoms with van der Waals surface area (Å²) in [4.78, 5) is 12.4. The molecule has 0 saturated heterocycles. The number of thioether (sulfide) groups is 1. The highest BCUT2D eigenvalue weighted by atomic mass is 32.2. The molecule has 0 atom stereocenters. The third-order valence-corrected chi connectivity index (χ3v) is 6.63. The summed E-state index contributed by atoms with van der Waals surface area (Å²) in [6, 6.07) is 24.8. The molecule has 0 unspecified atom stereocenters. The van der Waals surface area contributed by atoms with Gasteiger partial charge >= 0.3 is 0 Å². The van der Waals surface area contributed by atoms with Crippen LogP contribution in [-0.2, 0) is 12.3 Å². The van der Waals surface area contributed by atoms with Gasteiger partial charge in [-0.05, 0) is 66.2 Å². The second-order valence-electron chi connectivity index (χ2n) is 8.10. The number of carbonyl (C=O) groups is 1. The van der Waals surface area contributed by atoms with Gasteiger partial charge in [0.1, 0.15) is 17.3 Å². The molecule has 2 heterocycles. The molecule has 5 rings (SSSR count). The lowest BCUT2D eigenvalue weighted by molar-refractivity contribution is 0.0948. The molecular formula is C28H23FN4O3S. The number of carbonyl (C=O) groups excluding carboxylic acids is 1. The number of benzene rings is 3. The van der Waals surface area contributed by atoms with Crippen molar-refractivity contribution in [2.75, 3.05) is 7.11 Å². The van der Waals surface area contributed by atoms with Gasteiger partial charge in [0, 0.05) is 22.6 Å². The van der Waals surface area contributed by atoms with E-state index in [0.717, 1.165) is 16.8 Å². The fourth-order valence-corrected chi connectivity index (χ4v) is 4.63. The van der Waals surface area contributed by atoms with Crippen molar-refractivity contribution in [2.45, 2.75) is 17.5 Å². The van der Waals surface area contributed by atoms with Gasteiger partial charge in [-0.15, -0.1) is 10.2 Å². The fraction of sp³-hybridized carbons (Fsp3) is 0.107. The first-order valence-corrected chi connectivity index (χ1v) is 12.5. The van der Waals surface area contributed by atoms with Crippen LogP contribution in [-0.4, -0.2) is 27.8 Å². The van der Waals surface area contributed by atoms with Gasteiger partial charge in [0.2, 0.25) is 0 Å². The highest BCUT2D eigenvalue weighted by Crippen LogP contribution is 2.31. The van der Waals surface area contributed by atoms with Crippen molar-refractivity contribution in [1.82, 2.24) is 20.1 Å². The summed E-state index contributed by atoms with van der Waals surface area (Å²) in [5.41, 5.74) is 3.16. The molecule has 0 radical (unpaired) electrons. The Morgan fingerprint density at radius 3 is 2.57 bits per heavy atom. The summed E-state index contributed by atoms with van der Waals surface area (Å²) in [6.45, 7) is 0.331. The van der Waals surface area contributed by atoms with E-state index < -0.39 is 0 Å². The highest BCUT2D eigenvalue weighted by Gasteiger charge is 2.17. The van der Waals surface area contributed by atoms with E-state index in [2.05, 4.69) is 15.5 Å². The van der Waals surface area contributed by atoms with Gasteiger partial charge in [-0.1, -0.05) is 36.0 Å². The molecule has 37 heavy (non-hydrogen) atoms. The summed E-state index contributed by atoms with van der Waals surface area (Å²) < 4.78 is 26.1. The summed E-state index contributed by atoms with van der Waals surface area (Å²) >= 11 is 1.50. The molecule has 0 aliphatic heterocycles. The van der Waals surface area contributed by atoms with E-state index in [0.29, 0.717) is 40.4 Å². The standard InChI is InChI=1S/C28H23FN4O3S/c1-35-24-5-2-4-21(16-24)26-31-32-28(33(26)23-13-11-22(29)12-14-23)37-18-19-7-9-20(10-8-19)27(34)30-17-25-6-3-15-36-25/h2-16H,17-18H2,1H3,(H,30,34). The zero-order valence-electron chi connectivity index (χ0n) is 19.9. The molecule has 1 amide bonds. The van der Waals surface area contributed by atoms with Crippen LogP contribution in [0, 0.1) is 5.82 Å². The van der Waals surface area contributed by atoms with Crippen LogP contribution in [0.3, 0.4) is 0 Å². The number of aromatic nitrogens is 3. The minimum absolute atomic E-state index is 0.172. The van der Waals surface area contributed by atoms with E-state index in [-0.39, 0.29) is 11.7 Å².